The summed E-state index contributed by atoms with van der Waals surface area (Å²) in [5.41, 5.74) is 4.39. The fraction of sp³-hybridized carbons (Fsp3) is 0.409. The molecule has 4 heteroatoms. The topological polar surface area (TPSA) is 35.6 Å². The van der Waals surface area contributed by atoms with Crippen molar-refractivity contribution < 1.29 is 4.79 Å². The van der Waals surface area contributed by atoms with Crippen LogP contribution < -0.4 is 5.32 Å². The molecule has 2 aromatic carbocycles. The third-order valence-corrected chi connectivity index (χ3v) is 5.28. The number of amides is 1. The minimum atomic E-state index is 0.0360. The van der Waals surface area contributed by atoms with Crippen LogP contribution in [0.25, 0.3) is 0 Å². The molecule has 0 spiro atoms. The van der Waals surface area contributed by atoms with Gasteiger partial charge in [0.05, 0.1) is 0 Å². The van der Waals surface area contributed by atoms with E-state index < -0.39 is 0 Å². The molecule has 1 saturated heterocycles. The van der Waals surface area contributed by atoms with Gasteiger partial charge in [-0.1, -0.05) is 42.5 Å². The van der Waals surface area contributed by atoms with Gasteiger partial charge in [-0.15, -0.1) is 0 Å². The number of piperazine rings is 1. The highest BCUT2D eigenvalue weighted by atomic mass is 16.1. The average molecular weight is 351 g/mol. The second-order valence-electron chi connectivity index (χ2n) is 7.11. The van der Waals surface area contributed by atoms with E-state index in [4.69, 9.17) is 0 Å². The van der Waals surface area contributed by atoms with Gasteiger partial charge in [-0.25, -0.2) is 0 Å². The maximum atomic E-state index is 12.4. The van der Waals surface area contributed by atoms with Gasteiger partial charge in [-0.2, -0.15) is 0 Å². The Bertz CT molecular complexity index is 721. The molecule has 0 radical (unpaired) electrons. The zero-order valence-electron chi connectivity index (χ0n) is 15.9. The fourth-order valence-electron chi connectivity index (χ4n) is 3.43. The van der Waals surface area contributed by atoms with Gasteiger partial charge in [0.1, 0.15) is 0 Å². The molecule has 138 valence electrons. The van der Waals surface area contributed by atoms with Crippen LogP contribution in [0.3, 0.4) is 0 Å². The van der Waals surface area contributed by atoms with E-state index in [1.165, 1.54) is 5.56 Å². The van der Waals surface area contributed by atoms with Crippen LogP contribution in [-0.4, -0.2) is 55.0 Å². The molecule has 0 aliphatic carbocycles. The van der Waals surface area contributed by atoms with E-state index >= 15 is 0 Å². The number of benzene rings is 2. The van der Waals surface area contributed by atoms with Crippen molar-refractivity contribution in [3.8, 4) is 0 Å². The van der Waals surface area contributed by atoms with Crippen molar-refractivity contribution in [2.45, 2.75) is 20.4 Å². The number of rotatable bonds is 6. The molecule has 1 heterocycles. The normalized spacial score (nSPS) is 15.8. The third-order valence-electron chi connectivity index (χ3n) is 5.28. The fourth-order valence-corrected chi connectivity index (χ4v) is 3.43. The number of nitrogens with zero attached hydrogens (tertiary/aromatic N) is 2. The summed E-state index contributed by atoms with van der Waals surface area (Å²) >= 11 is 0. The Morgan fingerprint density at radius 1 is 0.923 bits per heavy atom. The lowest BCUT2D eigenvalue weighted by atomic mass is 10.0. The summed E-state index contributed by atoms with van der Waals surface area (Å²) in [6, 6.07) is 16.5. The number of nitrogens with one attached hydrogen (secondary N) is 1. The van der Waals surface area contributed by atoms with E-state index in [-0.39, 0.29) is 5.91 Å². The van der Waals surface area contributed by atoms with Crippen molar-refractivity contribution >= 4 is 5.91 Å². The van der Waals surface area contributed by atoms with Crippen LogP contribution in [-0.2, 0) is 6.54 Å². The number of carbonyl (C=O) groups is 1. The molecule has 4 nitrogen and oxygen atoms in total. The van der Waals surface area contributed by atoms with E-state index in [0.29, 0.717) is 6.54 Å². The number of aryl methyl sites for hydroxylation is 1. The van der Waals surface area contributed by atoms with Crippen molar-refractivity contribution in [1.82, 2.24) is 15.1 Å². The Morgan fingerprint density at radius 2 is 1.62 bits per heavy atom. The molecule has 26 heavy (non-hydrogen) atoms. The maximum Gasteiger partial charge on any atom is 0.251 e. The van der Waals surface area contributed by atoms with Gasteiger partial charge >= 0.3 is 0 Å². The van der Waals surface area contributed by atoms with E-state index in [1.807, 2.05) is 32.0 Å². The molecular formula is C22H29N3O. The third kappa shape index (κ3) is 4.93. The molecule has 1 amide bonds. The van der Waals surface area contributed by atoms with Crippen LogP contribution in [0.15, 0.2) is 48.5 Å². The zero-order valence-corrected chi connectivity index (χ0v) is 15.9. The van der Waals surface area contributed by atoms with Crippen LogP contribution >= 0.6 is 0 Å². The SMILES string of the molecule is Cc1cccc(C(=O)NCCN2CCN(Cc3ccccc3)CC2)c1C. The lowest BCUT2D eigenvalue weighted by Crippen LogP contribution is -2.48. The summed E-state index contributed by atoms with van der Waals surface area (Å²) < 4.78 is 0. The van der Waals surface area contributed by atoms with E-state index in [1.54, 1.807) is 0 Å². The van der Waals surface area contributed by atoms with E-state index in [0.717, 1.165) is 56.0 Å². The van der Waals surface area contributed by atoms with Crippen molar-refractivity contribution in [1.29, 1.82) is 0 Å². The Hall–Kier alpha value is -2.17. The molecule has 2 aromatic rings. The highest BCUT2D eigenvalue weighted by molar-refractivity contribution is 5.95. The van der Waals surface area contributed by atoms with Crippen molar-refractivity contribution in [3.63, 3.8) is 0 Å². The van der Waals surface area contributed by atoms with Crippen LogP contribution in [0.1, 0.15) is 27.0 Å². The molecule has 0 saturated carbocycles. The van der Waals surface area contributed by atoms with E-state index in [9.17, 15) is 4.79 Å². The minimum Gasteiger partial charge on any atom is -0.351 e. The Balaban J connectivity index is 1.39. The van der Waals surface area contributed by atoms with Gasteiger partial charge in [0.25, 0.3) is 5.91 Å². The highest BCUT2D eigenvalue weighted by Gasteiger charge is 2.17. The van der Waals surface area contributed by atoms with Crippen LogP contribution in [0.5, 0.6) is 0 Å². The minimum absolute atomic E-state index is 0.0360. The van der Waals surface area contributed by atoms with Gasteiger partial charge in [0.15, 0.2) is 0 Å². The average Bonchev–Trinajstić information content (AvgIpc) is 2.66. The predicted molar refractivity (Wildman–Crippen MR) is 106 cm³/mol. The number of hydrogen-bond donors (Lipinski definition) is 1. The molecule has 3 rings (SSSR count). The first-order chi connectivity index (χ1) is 12.6. The van der Waals surface area contributed by atoms with Crippen molar-refractivity contribution in [2.24, 2.45) is 0 Å². The predicted octanol–water partition coefficient (Wildman–Crippen LogP) is 2.85. The van der Waals surface area contributed by atoms with Crippen LogP contribution in [0.4, 0.5) is 0 Å². The molecule has 1 aliphatic rings. The highest BCUT2D eigenvalue weighted by Crippen LogP contribution is 2.12. The molecule has 1 N–H and O–H groups in total. The molecule has 0 atom stereocenters. The van der Waals surface area contributed by atoms with Gasteiger partial charge in [0, 0.05) is 51.4 Å². The van der Waals surface area contributed by atoms with Crippen LogP contribution in [0, 0.1) is 13.8 Å². The summed E-state index contributed by atoms with van der Waals surface area (Å²) in [5.74, 6) is 0.0360. The van der Waals surface area contributed by atoms with Crippen molar-refractivity contribution in [2.75, 3.05) is 39.3 Å². The first-order valence-electron chi connectivity index (χ1n) is 9.46. The van der Waals surface area contributed by atoms with Crippen LogP contribution in [0.2, 0.25) is 0 Å². The smallest absolute Gasteiger partial charge is 0.251 e. The largest absolute Gasteiger partial charge is 0.351 e. The first-order valence-corrected chi connectivity index (χ1v) is 9.46. The Labute approximate surface area is 156 Å². The van der Waals surface area contributed by atoms with Crippen molar-refractivity contribution in [3.05, 3.63) is 70.8 Å². The quantitative estimate of drug-likeness (QED) is 0.869. The summed E-state index contributed by atoms with van der Waals surface area (Å²) in [5, 5.41) is 3.07. The second kappa shape index (κ2) is 8.97. The monoisotopic (exact) mass is 351 g/mol. The Morgan fingerprint density at radius 3 is 2.35 bits per heavy atom. The second-order valence-corrected chi connectivity index (χ2v) is 7.11. The molecule has 1 fully saturated rings. The standard InChI is InChI=1S/C22H29N3O/c1-18-7-6-10-21(19(18)2)22(26)23-11-12-24-13-15-25(16-14-24)17-20-8-4-3-5-9-20/h3-10H,11-17H2,1-2H3,(H,23,26). The van der Waals surface area contributed by atoms with Gasteiger partial charge < -0.3 is 5.32 Å². The number of hydrogen-bond acceptors (Lipinski definition) is 3. The Kier molecular flexibility index (Phi) is 6.42. The van der Waals surface area contributed by atoms with Gasteiger partial charge in [-0.05, 0) is 36.6 Å². The molecule has 0 unspecified atom stereocenters. The number of carbonyl (C=O) groups excluding carboxylic acids is 1. The van der Waals surface area contributed by atoms with E-state index in [2.05, 4.69) is 45.4 Å². The molecule has 1 aliphatic heterocycles. The van der Waals surface area contributed by atoms with Gasteiger partial charge in [-0.3, -0.25) is 14.6 Å². The molecule has 0 aromatic heterocycles. The molecule has 0 bridgehead atoms. The summed E-state index contributed by atoms with van der Waals surface area (Å²) in [4.78, 5) is 17.3. The van der Waals surface area contributed by atoms with Gasteiger partial charge in [0.2, 0.25) is 0 Å². The molecular weight excluding hydrogens is 322 g/mol. The first kappa shape index (κ1) is 18.6. The summed E-state index contributed by atoms with van der Waals surface area (Å²) in [7, 11) is 0. The lowest BCUT2D eigenvalue weighted by molar-refractivity contribution is 0.0933. The lowest BCUT2D eigenvalue weighted by Gasteiger charge is -2.34. The zero-order chi connectivity index (χ0) is 18.4. The summed E-state index contributed by atoms with van der Waals surface area (Å²) in [6.45, 7) is 11.0. The summed E-state index contributed by atoms with van der Waals surface area (Å²) in [6.07, 6.45) is 0. The maximum absolute atomic E-state index is 12.4.